The Morgan fingerprint density at radius 3 is 2.25 bits per heavy atom. The minimum Gasteiger partial charge on any atom is -0.475 e. The topological polar surface area (TPSA) is 60.9 Å². The molecule has 2 heterocycles. The van der Waals surface area contributed by atoms with E-state index >= 15 is 0 Å². The van der Waals surface area contributed by atoms with Gasteiger partial charge in [-0.05, 0) is 38.1 Å². The number of aliphatic carboxylic acids is 1. The molecule has 1 spiro atoms. The molecule has 2 rings (SSSR count). The molecule has 0 saturated carbocycles. The Hall–Kier alpha value is -1.31. The second-order valence-corrected chi connectivity index (χ2v) is 7.03. The van der Waals surface area contributed by atoms with Crippen molar-refractivity contribution in [3.8, 4) is 0 Å². The SMILES string of the molecule is CC(C)CN1CCCC2(CCC(=O)N2C)CC1.O=C(O)C(F)(F)F. The highest BCUT2D eigenvalue weighted by Crippen LogP contribution is 2.37. The maximum Gasteiger partial charge on any atom is 0.490 e. The van der Waals surface area contributed by atoms with Gasteiger partial charge < -0.3 is 14.9 Å². The molecule has 1 atom stereocenters. The molecule has 1 unspecified atom stereocenters. The molecular formula is C16H27F3N2O3. The van der Waals surface area contributed by atoms with Crippen molar-refractivity contribution in [3.05, 3.63) is 0 Å². The molecule has 140 valence electrons. The number of rotatable bonds is 2. The zero-order valence-corrected chi connectivity index (χ0v) is 14.5. The second kappa shape index (κ2) is 8.18. The van der Waals surface area contributed by atoms with Crippen LogP contribution in [0.1, 0.15) is 46.0 Å². The quantitative estimate of drug-likeness (QED) is 0.830. The van der Waals surface area contributed by atoms with Gasteiger partial charge >= 0.3 is 12.1 Å². The van der Waals surface area contributed by atoms with Crippen molar-refractivity contribution in [2.24, 2.45) is 5.92 Å². The molecule has 0 aliphatic carbocycles. The van der Waals surface area contributed by atoms with E-state index < -0.39 is 12.1 Å². The largest absolute Gasteiger partial charge is 0.490 e. The number of carboxylic acid groups (broad SMARTS) is 1. The van der Waals surface area contributed by atoms with Gasteiger partial charge in [0.25, 0.3) is 0 Å². The van der Waals surface area contributed by atoms with Gasteiger partial charge in [0.2, 0.25) is 5.91 Å². The Kier molecular flexibility index (Phi) is 7.07. The van der Waals surface area contributed by atoms with Crippen molar-refractivity contribution < 1.29 is 27.9 Å². The summed E-state index contributed by atoms with van der Waals surface area (Å²) >= 11 is 0. The maximum absolute atomic E-state index is 11.7. The molecule has 2 aliphatic heterocycles. The number of amides is 1. The van der Waals surface area contributed by atoms with E-state index in [0.29, 0.717) is 5.91 Å². The van der Waals surface area contributed by atoms with Crippen molar-refractivity contribution in [1.29, 1.82) is 0 Å². The Morgan fingerprint density at radius 1 is 1.25 bits per heavy atom. The second-order valence-electron chi connectivity index (χ2n) is 7.03. The van der Waals surface area contributed by atoms with E-state index in [1.165, 1.54) is 32.4 Å². The predicted molar refractivity (Wildman–Crippen MR) is 83.6 cm³/mol. The Labute approximate surface area is 140 Å². The van der Waals surface area contributed by atoms with Gasteiger partial charge in [0.15, 0.2) is 0 Å². The standard InChI is InChI=1S/C14H26N2O.C2HF3O2/c1-12(2)11-16-9-4-6-14(8-10-16)7-5-13(17)15(14)3;3-2(4,5)1(6)7/h12H,4-11H2,1-3H3;(H,6,7). The zero-order chi connectivity index (χ0) is 18.5. The van der Waals surface area contributed by atoms with Crippen LogP contribution in [0, 0.1) is 5.92 Å². The highest BCUT2D eigenvalue weighted by molar-refractivity contribution is 5.79. The van der Waals surface area contributed by atoms with Crippen LogP contribution in [-0.2, 0) is 9.59 Å². The summed E-state index contributed by atoms with van der Waals surface area (Å²) < 4.78 is 31.7. The molecule has 1 amide bonds. The van der Waals surface area contributed by atoms with Gasteiger partial charge in [0.05, 0.1) is 0 Å². The summed E-state index contributed by atoms with van der Waals surface area (Å²) in [5.74, 6) is -1.67. The van der Waals surface area contributed by atoms with Gasteiger partial charge in [-0.15, -0.1) is 0 Å². The first-order valence-electron chi connectivity index (χ1n) is 8.27. The smallest absolute Gasteiger partial charge is 0.475 e. The van der Waals surface area contributed by atoms with E-state index in [9.17, 15) is 18.0 Å². The third kappa shape index (κ3) is 5.65. The molecule has 0 aromatic carbocycles. The van der Waals surface area contributed by atoms with Crippen molar-refractivity contribution in [3.63, 3.8) is 0 Å². The molecule has 0 bridgehead atoms. The monoisotopic (exact) mass is 352 g/mol. The van der Waals surface area contributed by atoms with Crippen molar-refractivity contribution in [1.82, 2.24) is 9.80 Å². The molecule has 2 fully saturated rings. The number of carbonyl (C=O) groups is 2. The van der Waals surface area contributed by atoms with Crippen LogP contribution in [0.5, 0.6) is 0 Å². The summed E-state index contributed by atoms with van der Waals surface area (Å²) in [6.07, 6.45) is 0.370. The third-order valence-electron chi connectivity index (χ3n) is 4.77. The normalized spacial score (nSPS) is 25.6. The van der Waals surface area contributed by atoms with E-state index in [0.717, 1.165) is 25.3 Å². The molecule has 5 nitrogen and oxygen atoms in total. The zero-order valence-electron chi connectivity index (χ0n) is 14.5. The Bertz CT molecular complexity index is 454. The van der Waals surface area contributed by atoms with Crippen molar-refractivity contribution >= 4 is 11.9 Å². The summed E-state index contributed by atoms with van der Waals surface area (Å²) in [5.41, 5.74) is 0.197. The van der Waals surface area contributed by atoms with E-state index in [1.54, 1.807) is 0 Å². The average molecular weight is 352 g/mol. The van der Waals surface area contributed by atoms with E-state index in [-0.39, 0.29) is 5.54 Å². The number of hydrogen-bond acceptors (Lipinski definition) is 3. The Morgan fingerprint density at radius 2 is 1.83 bits per heavy atom. The molecule has 2 aliphatic rings. The highest BCUT2D eigenvalue weighted by atomic mass is 19.4. The number of likely N-dealkylation sites (tertiary alicyclic amines) is 2. The lowest BCUT2D eigenvalue weighted by Crippen LogP contribution is -2.43. The molecule has 24 heavy (non-hydrogen) atoms. The first-order chi connectivity index (χ1) is 11.0. The Balaban J connectivity index is 0.000000351. The van der Waals surface area contributed by atoms with Crippen LogP contribution in [0.3, 0.4) is 0 Å². The van der Waals surface area contributed by atoms with Gasteiger partial charge in [-0.3, -0.25) is 4.79 Å². The summed E-state index contributed by atoms with van der Waals surface area (Å²) in [5, 5.41) is 7.12. The molecular weight excluding hydrogens is 325 g/mol. The van der Waals surface area contributed by atoms with Crippen LogP contribution in [0.25, 0.3) is 0 Å². The number of alkyl halides is 3. The summed E-state index contributed by atoms with van der Waals surface area (Å²) in [4.78, 5) is 25.3. The fourth-order valence-corrected chi connectivity index (χ4v) is 3.46. The lowest BCUT2D eigenvalue weighted by atomic mass is 9.88. The molecule has 0 radical (unpaired) electrons. The summed E-state index contributed by atoms with van der Waals surface area (Å²) in [7, 11) is 2.01. The third-order valence-corrected chi connectivity index (χ3v) is 4.77. The molecule has 0 aromatic heterocycles. The number of halogens is 3. The van der Waals surface area contributed by atoms with Gasteiger partial charge in [0, 0.05) is 32.1 Å². The maximum atomic E-state index is 11.7. The predicted octanol–water partition coefficient (Wildman–Crippen LogP) is 2.75. The van der Waals surface area contributed by atoms with E-state index in [2.05, 4.69) is 18.7 Å². The number of carboxylic acids is 1. The number of nitrogens with zero attached hydrogens (tertiary/aromatic N) is 2. The summed E-state index contributed by atoms with van der Waals surface area (Å²) in [6.45, 7) is 8.14. The minimum absolute atomic E-state index is 0.197. The first kappa shape index (κ1) is 20.7. The van der Waals surface area contributed by atoms with Gasteiger partial charge in [-0.25, -0.2) is 4.79 Å². The minimum atomic E-state index is -5.08. The molecule has 1 N–H and O–H groups in total. The molecule has 8 heteroatoms. The first-order valence-corrected chi connectivity index (χ1v) is 8.27. The van der Waals surface area contributed by atoms with Gasteiger partial charge in [-0.2, -0.15) is 13.2 Å². The average Bonchev–Trinajstić information content (AvgIpc) is 2.63. The highest BCUT2D eigenvalue weighted by Gasteiger charge is 2.43. The van der Waals surface area contributed by atoms with Gasteiger partial charge in [0.1, 0.15) is 0 Å². The molecule has 0 aromatic rings. The fourth-order valence-electron chi connectivity index (χ4n) is 3.46. The van der Waals surface area contributed by atoms with E-state index in [4.69, 9.17) is 9.90 Å². The lowest BCUT2D eigenvalue weighted by molar-refractivity contribution is -0.192. The van der Waals surface area contributed by atoms with Crippen LogP contribution in [-0.4, -0.2) is 65.2 Å². The van der Waals surface area contributed by atoms with Crippen LogP contribution in [0.15, 0.2) is 0 Å². The van der Waals surface area contributed by atoms with Crippen LogP contribution < -0.4 is 0 Å². The van der Waals surface area contributed by atoms with Crippen LogP contribution >= 0.6 is 0 Å². The number of carbonyl (C=O) groups excluding carboxylic acids is 1. The van der Waals surface area contributed by atoms with Crippen molar-refractivity contribution in [2.75, 3.05) is 26.7 Å². The fraction of sp³-hybridized carbons (Fsp3) is 0.875. The number of hydrogen-bond donors (Lipinski definition) is 1. The van der Waals surface area contributed by atoms with Crippen molar-refractivity contribution in [2.45, 2.75) is 57.7 Å². The van der Waals surface area contributed by atoms with Crippen LogP contribution in [0.2, 0.25) is 0 Å². The van der Waals surface area contributed by atoms with Crippen LogP contribution in [0.4, 0.5) is 13.2 Å². The van der Waals surface area contributed by atoms with Gasteiger partial charge in [-0.1, -0.05) is 13.8 Å². The molecule has 2 saturated heterocycles. The summed E-state index contributed by atoms with van der Waals surface area (Å²) in [6, 6.07) is 0. The van der Waals surface area contributed by atoms with E-state index in [1.807, 2.05) is 11.9 Å². The lowest BCUT2D eigenvalue weighted by Gasteiger charge is -2.35.